The van der Waals surface area contributed by atoms with Crippen molar-refractivity contribution in [2.75, 3.05) is 27.2 Å². The van der Waals surface area contributed by atoms with Crippen molar-refractivity contribution in [3.05, 3.63) is 12.2 Å². The highest BCUT2D eigenvalue weighted by Crippen LogP contribution is 1.81. The topological polar surface area (TPSA) is 23.5 Å². The first-order chi connectivity index (χ1) is 4.27. The summed E-state index contributed by atoms with van der Waals surface area (Å²) >= 11 is 0. The monoisotopic (exact) mass is 129 g/mol. The zero-order valence-electron chi connectivity index (χ0n) is 6.17. The van der Waals surface area contributed by atoms with Crippen LogP contribution in [0.3, 0.4) is 0 Å². The highest BCUT2D eigenvalue weighted by molar-refractivity contribution is 4.82. The highest BCUT2D eigenvalue weighted by Gasteiger charge is 1.80. The second-order valence-electron chi connectivity index (χ2n) is 2.25. The molecule has 0 bridgehead atoms. The van der Waals surface area contributed by atoms with Gasteiger partial charge >= 0.3 is 0 Å². The molecule has 0 aromatic heterocycles. The van der Waals surface area contributed by atoms with Crippen LogP contribution < -0.4 is 0 Å². The maximum Gasteiger partial charge on any atom is 0.0465 e. The standard InChI is InChI=1S/C7H15NO/c1-8(2)6-4-3-5-7-9/h3-4,9H,5-7H2,1-2H3. The Balaban J connectivity index is 3.04. The van der Waals surface area contributed by atoms with Crippen LogP contribution in [-0.4, -0.2) is 37.3 Å². The zero-order valence-corrected chi connectivity index (χ0v) is 6.17. The molecule has 0 aliphatic rings. The molecule has 0 aliphatic carbocycles. The summed E-state index contributed by atoms with van der Waals surface area (Å²) in [5.74, 6) is 0. The van der Waals surface area contributed by atoms with E-state index in [9.17, 15) is 0 Å². The van der Waals surface area contributed by atoms with Gasteiger partial charge in [0, 0.05) is 13.2 Å². The largest absolute Gasteiger partial charge is 0.396 e. The highest BCUT2D eigenvalue weighted by atomic mass is 16.2. The van der Waals surface area contributed by atoms with Gasteiger partial charge < -0.3 is 10.0 Å². The Kier molecular flexibility index (Phi) is 5.57. The molecule has 54 valence electrons. The first-order valence-corrected chi connectivity index (χ1v) is 3.18. The lowest BCUT2D eigenvalue weighted by atomic mass is 10.4. The van der Waals surface area contributed by atoms with Crippen molar-refractivity contribution in [1.29, 1.82) is 0 Å². The van der Waals surface area contributed by atoms with Gasteiger partial charge in [-0.05, 0) is 20.5 Å². The van der Waals surface area contributed by atoms with Gasteiger partial charge in [-0.25, -0.2) is 0 Å². The fourth-order valence-electron chi connectivity index (χ4n) is 0.478. The van der Waals surface area contributed by atoms with Gasteiger partial charge in [-0.3, -0.25) is 0 Å². The molecule has 2 heteroatoms. The third kappa shape index (κ3) is 7.66. The van der Waals surface area contributed by atoms with E-state index >= 15 is 0 Å². The summed E-state index contributed by atoms with van der Waals surface area (Å²) in [6.07, 6.45) is 4.81. The van der Waals surface area contributed by atoms with Crippen LogP contribution in [0, 0.1) is 0 Å². The average molecular weight is 129 g/mol. The maximum atomic E-state index is 8.37. The van der Waals surface area contributed by atoms with E-state index in [1.54, 1.807) is 0 Å². The van der Waals surface area contributed by atoms with E-state index in [0.717, 1.165) is 13.0 Å². The molecule has 1 N–H and O–H groups in total. The lowest BCUT2D eigenvalue weighted by Gasteiger charge is -2.02. The molecule has 9 heavy (non-hydrogen) atoms. The molecule has 0 spiro atoms. The molecule has 0 saturated carbocycles. The fraction of sp³-hybridized carbons (Fsp3) is 0.714. The summed E-state index contributed by atoms with van der Waals surface area (Å²) in [7, 11) is 4.03. The number of aliphatic hydroxyl groups excluding tert-OH is 1. The maximum absolute atomic E-state index is 8.37. The van der Waals surface area contributed by atoms with Crippen molar-refractivity contribution >= 4 is 0 Å². The van der Waals surface area contributed by atoms with Crippen LogP contribution in [0.5, 0.6) is 0 Å². The molecule has 0 radical (unpaired) electrons. The Morgan fingerprint density at radius 2 is 2.00 bits per heavy atom. The molecule has 0 amide bonds. The molecule has 2 nitrogen and oxygen atoms in total. The number of aliphatic hydroxyl groups is 1. The molecular formula is C7H15NO. The smallest absolute Gasteiger partial charge is 0.0465 e. The first-order valence-electron chi connectivity index (χ1n) is 3.18. The van der Waals surface area contributed by atoms with Crippen LogP contribution in [-0.2, 0) is 0 Å². The van der Waals surface area contributed by atoms with Gasteiger partial charge in [0.15, 0.2) is 0 Å². The van der Waals surface area contributed by atoms with Gasteiger partial charge in [0.05, 0.1) is 0 Å². The van der Waals surface area contributed by atoms with Gasteiger partial charge in [0.1, 0.15) is 0 Å². The van der Waals surface area contributed by atoms with Gasteiger partial charge in [0.25, 0.3) is 0 Å². The summed E-state index contributed by atoms with van der Waals surface area (Å²) in [6.45, 7) is 1.21. The Labute approximate surface area is 56.8 Å². The van der Waals surface area contributed by atoms with Gasteiger partial charge in [0.2, 0.25) is 0 Å². The lowest BCUT2D eigenvalue weighted by molar-refractivity contribution is 0.302. The predicted molar refractivity (Wildman–Crippen MR) is 39.4 cm³/mol. The van der Waals surface area contributed by atoms with E-state index in [-0.39, 0.29) is 6.61 Å². The van der Waals surface area contributed by atoms with Crippen molar-refractivity contribution in [3.63, 3.8) is 0 Å². The number of likely N-dealkylation sites (N-methyl/N-ethyl adjacent to an activating group) is 1. The second kappa shape index (κ2) is 5.79. The first kappa shape index (κ1) is 8.66. The molecule has 0 heterocycles. The molecule has 0 aliphatic heterocycles. The minimum atomic E-state index is 0.254. The van der Waals surface area contributed by atoms with Crippen LogP contribution >= 0.6 is 0 Å². The number of nitrogens with zero attached hydrogens (tertiary/aromatic N) is 1. The molecule has 0 atom stereocenters. The summed E-state index contributed by atoms with van der Waals surface area (Å²) < 4.78 is 0. The Morgan fingerprint density at radius 1 is 1.33 bits per heavy atom. The Hall–Kier alpha value is -0.340. The predicted octanol–water partition coefficient (Wildman–Crippen LogP) is 0.487. The van der Waals surface area contributed by atoms with Crippen molar-refractivity contribution in [2.45, 2.75) is 6.42 Å². The normalized spacial score (nSPS) is 11.6. The van der Waals surface area contributed by atoms with Crippen LogP contribution in [0.4, 0.5) is 0 Å². The van der Waals surface area contributed by atoms with Gasteiger partial charge in [-0.15, -0.1) is 0 Å². The SMILES string of the molecule is CN(C)CC=CCCO. The van der Waals surface area contributed by atoms with E-state index in [4.69, 9.17) is 5.11 Å². The summed E-state index contributed by atoms with van der Waals surface area (Å²) in [4.78, 5) is 2.08. The quantitative estimate of drug-likeness (QED) is 0.558. The fourth-order valence-corrected chi connectivity index (χ4v) is 0.478. The van der Waals surface area contributed by atoms with Crippen molar-refractivity contribution < 1.29 is 5.11 Å². The molecule has 0 saturated heterocycles. The summed E-state index contributed by atoms with van der Waals surface area (Å²) in [5, 5.41) is 8.37. The van der Waals surface area contributed by atoms with Crippen LogP contribution in [0.1, 0.15) is 6.42 Å². The summed E-state index contributed by atoms with van der Waals surface area (Å²) in [5.41, 5.74) is 0. The van der Waals surface area contributed by atoms with Crippen molar-refractivity contribution in [3.8, 4) is 0 Å². The molecule has 0 unspecified atom stereocenters. The van der Waals surface area contributed by atoms with E-state index in [2.05, 4.69) is 11.0 Å². The number of hydrogen-bond donors (Lipinski definition) is 1. The van der Waals surface area contributed by atoms with Gasteiger partial charge in [-0.1, -0.05) is 12.2 Å². The molecule has 0 rings (SSSR count). The van der Waals surface area contributed by atoms with E-state index in [1.165, 1.54) is 0 Å². The average Bonchev–Trinajstić information content (AvgIpc) is 1.80. The molecule has 0 aromatic rings. The molecular weight excluding hydrogens is 114 g/mol. The third-order valence-electron chi connectivity index (χ3n) is 0.933. The Bertz CT molecular complexity index is 79.0. The lowest BCUT2D eigenvalue weighted by Crippen LogP contribution is -2.10. The number of rotatable bonds is 4. The molecule has 0 fully saturated rings. The van der Waals surface area contributed by atoms with Crippen molar-refractivity contribution in [2.24, 2.45) is 0 Å². The number of hydrogen-bond acceptors (Lipinski definition) is 2. The minimum absolute atomic E-state index is 0.254. The third-order valence-corrected chi connectivity index (χ3v) is 0.933. The summed E-state index contributed by atoms with van der Waals surface area (Å²) in [6, 6.07) is 0. The van der Waals surface area contributed by atoms with E-state index in [0.29, 0.717) is 0 Å². The van der Waals surface area contributed by atoms with Crippen LogP contribution in [0.2, 0.25) is 0 Å². The molecule has 0 aromatic carbocycles. The zero-order chi connectivity index (χ0) is 7.11. The second-order valence-corrected chi connectivity index (χ2v) is 2.25. The Morgan fingerprint density at radius 3 is 2.44 bits per heavy atom. The minimum Gasteiger partial charge on any atom is -0.396 e. The van der Waals surface area contributed by atoms with Gasteiger partial charge in [-0.2, -0.15) is 0 Å². The van der Waals surface area contributed by atoms with E-state index < -0.39 is 0 Å². The van der Waals surface area contributed by atoms with Crippen LogP contribution in [0.15, 0.2) is 12.2 Å². The van der Waals surface area contributed by atoms with Crippen molar-refractivity contribution in [1.82, 2.24) is 4.90 Å². The van der Waals surface area contributed by atoms with E-state index in [1.807, 2.05) is 20.2 Å². The van der Waals surface area contributed by atoms with Crippen LogP contribution in [0.25, 0.3) is 0 Å².